The Balaban J connectivity index is 1.42. The zero-order chi connectivity index (χ0) is 30.6. The lowest BCUT2D eigenvalue weighted by molar-refractivity contribution is -0.143. The van der Waals surface area contributed by atoms with E-state index in [1.54, 1.807) is 17.7 Å². The summed E-state index contributed by atoms with van der Waals surface area (Å²) >= 11 is 6.02. The Morgan fingerprint density at radius 1 is 0.977 bits per heavy atom. The number of carbonyl (C=O) groups is 2. The van der Waals surface area contributed by atoms with Crippen LogP contribution in [0.25, 0.3) is 23.0 Å². The van der Waals surface area contributed by atoms with Crippen LogP contribution >= 0.6 is 11.6 Å². The molecule has 2 heterocycles. The number of ether oxygens (including phenoxy) is 1. The predicted molar refractivity (Wildman–Crippen MR) is 170 cm³/mol. The normalized spacial score (nSPS) is 16.8. The number of amides is 2. The van der Waals surface area contributed by atoms with E-state index < -0.39 is 5.91 Å². The van der Waals surface area contributed by atoms with E-state index in [2.05, 4.69) is 6.07 Å². The fraction of sp³-hybridized carbons (Fsp3) is 0.222. The van der Waals surface area contributed by atoms with Crippen molar-refractivity contribution in [1.29, 1.82) is 5.26 Å². The highest BCUT2D eigenvalue weighted by atomic mass is 35.5. The molecule has 1 aliphatic carbocycles. The predicted octanol–water partition coefficient (Wildman–Crippen LogP) is 7.70. The van der Waals surface area contributed by atoms with Crippen LogP contribution in [0, 0.1) is 11.3 Å². The lowest BCUT2D eigenvalue weighted by Crippen LogP contribution is -2.49. The summed E-state index contributed by atoms with van der Waals surface area (Å²) in [6, 6.07) is 26.7. The van der Waals surface area contributed by atoms with Gasteiger partial charge in [-0.25, -0.2) is 4.68 Å². The van der Waals surface area contributed by atoms with Crippen LogP contribution in [0.4, 0.5) is 0 Å². The first kappa shape index (κ1) is 29.2. The van der Waals surface area contributed by atoms with Gasteiger partial charge in [0.15, 0.2) is 0 Å². The Morgan fingerprint density at radius 2 is 1.73 bits per heavy atom. The fourth-order valence-electron chi connectivity index (χ4n) is 5.84. The number of nitrogens with zero attached hydrogens (tertiary/aromatic N) is 4. The molecule has 0 spiro atoms. The van der Waals surface area contributed by atoms with Gasteiger partial charge in [-0.2, -0.15) is 10.4 Å². The summed E-state index contributed by atoms with van der Waals surface area (Å²) in [5.74, 6) is -0.197. The van der Waals surface area contributed by atoms with E-state index in [9.17, 15) is 14.9 Å². The van der Waals surface area contributed by atoms with Crippen LogP contribution in [0.5, 0.6) is 5.75 Å². The molecule has 1 aliphatic heterocycles. The highest BCUT2D eigenvalue weighted by molar-refractivity contribution is 6.30. The zero-order valence-corrected chi connectivity index (χ0v) is 25.1. The van der Waals surface area contributed by atoms with Gasteiger partial charge in [-0.15, -0.1) is 0 Å². The van der Waals surface area contributed by atoms with Crippen LogP contribution in [-0.2, 0) is 16.2 Å². The number of aromatic nitrogens is 2. The van der Waals surface area contributed by atoms with Gasteiger partial charge in [0.25, 0.3) is 11.8 Å². The topological polar surface area (TPSA) is 88.2 Å². The minimum atomic E-state index is -0.496. The van der Waals surface area contributed by atoms with E-state index in [1.807, 2.05) is 85.1 Å². The molecule has 4 aromatic rings. The molecule has 6 rings (SSSR count). The average molecular weight is 603 g/mol. The molecule has 0 saturated heterocycles. The summed E-state index contributed by atoms with van der Waals surface area (Å²) in [5.41, 5.74) is 4.68. The van der Waals surface area contributed by atoms with E-state index in [0.717, 1.165) is 48.9 Å². The van der Waals surface area contributed by atoms with Crippen LogP contribution < -0.4 is 4.74 Å². The first-order valence-electron chi connectivity index (χ1n) is 14.8. The van der Waals surface area contributed by atoms with Crippen molar-refractivity contribution in [3.05, 3.63) is 118 Å². The molecular formula is C36H31ClN4O3. The summed E-state index contributed by atoms with van der Waals surface area (Å²) in [6.45, 7) is 2.04. The molecule has 1 aromatic heterocycles. The third-order valence-corrected chi connectivity index (χ3v) is 8.45. The van der Waals surface area contributed by atoms with Gasteiger partial charge in [0.1, 0.15) is 29.7 Å². The minimum absolute atomic E-state index is 0.0102. The van der Waals surface area contributed by atoms with Gasteiger partial charge >= 0.3 is 0 Å². The zero-order valence-electron chi connectivity index (χ0n) is 24.4. The van der Waals surface area contributed by atoms with Crippen LogP contribution in [0.1, 0.15) is 50.2 Å². The molecule has 8 heteroatoms. The van der Waals surface area contributed by atoms with Crippen molar-refractivity contribution >= 4 is 29.5 Å². The van der Waals surface area contributed by atoms with Crippen molar-refractivity contribution in [1.82, 2.24) is 14.7 Å². The summed E-state index contributed by atoms with van der Waals surface area (Å²) in [7, 11) is 0. The first-order valence-corrected chi connectivity index (χ1v) is 15.1. The monoisotopic (exact) mass is 602 g/mol. The molecule has 7 nitrogen and oxygen atoms in total. The number of hydrogen-bond acceptors (Lipinski definition) is 5. The number of carbonyl (C=O) groups excluding carboxylic acids is 2. The molecule has 0 bridgehead atoms. The molecule has 0 N–H and O–H groups in total. The second kappa shape index (κ2) is 12.7. The van der Waals surface area contributed by atoms with Gasteiger partial charge in [0.05, 0.1) is 5.69 Å². The van der Waals surface area contributed by atoms with E-state index in [1.165, 1.54) is 4.90 Å². The van der Waals surface area contributed by atoms with E-state index >= 15 is 0 Å². The minimum Gasteiger partial charge on any atom is -0.489 e. The maximum absolute atomic E-state index is 14.0. The Kier molecular flexibility index (Phi) is 8.44. The van der Waals surface area contributed by atoms with E-state index in [0.29, 0.717) is 39.8 Å². The van der Waals surface area contributed by atoms with Crippen molar-refractivity contribution in [3.8, 4) is 28.8 Å². The van der Waals surface area contributed by atoms with Gasteiger partial charge in [-0.1, -0.05) is 73.3 Å². The Labute approximate surface area is 261 Å². The number of benzene rings is 3. The molecule has 44 heavy (non-hydrogen) atoms. The van der Waals surface area contributed by atoms with Gasteiger partial charge in [-0.3, -0.25) is 14.5 Å². The first-order chi connectivity index (χ1) is 21.4. The van der Waals surface area contributed by atoms with Crippen LogP contribution in [0.15, 0.2) is 102 Å². The number of rotatable bonds is 7. The van der Waals surface area contributed by atoms with Crippen molar-refractivity contribution in [3.63, 3.8) is 0 Å². The smallest absolute Gasteiger partial charge is 0.271 e. The molecule has 1 saturated carbocycles. The molecule has 3 aromatic carbocycles. The number of halogens is 1. The summed E-state index contributed by atoms with van der Waals surface area (Å²) in [4.78, 5) is 28.6. The number of para-hydroxylation sites is 1. The average Bonchev–Trinajstić information content (AvgIpc) is 3.48. The van der Waals surface area contributed by atoms with E-state index in [4.69, 9.17) is 21.4 Å². The molecule has 0 unspecified atom stereocenters. The van der Waals surface area contributed by atoms with Crippen LogP contribution in [0.3, 0.4) is 0 Å². The van der Waals surface area contributed by atoms with Crippen molar-refractivity contribution < 1.29 is 14.3 Å². The standard InChI is InChI=1S/C36H31ClN4O3/c1-24-32(35(42)41(36(43)33(24)21-38)30-12-6-3-7-13-30)20-27-22-40(29-10-4-2-5-11-29)39-34(27)26-9-8-14-31(19-26)44-23-25-15-17-28(37)18-16-25/h2,4-5,8-11,14-20,22,30H,3,6-7,12-13,23H2,1H3/b32-20+. The summed E-state index contributed by atoms with van der Waals surface area (Å²) in [5, 5.41) is 15.5. The van der Waals surface area contributed by atoms with Gasteiger partial charge < -0.3 is 4.74 Å². The summed E-state index contributed by atoms with van der Waals surface area (Å²) < 4.78 is 7.86. The third-order valence-electron chi connectivity index (χ3n) is 8.20. The number of nitriles is 1. The maximum atomic E-state index is 14.0. The quantitative estimate of drug-likeness (QED) is 0.160. The molecule has 2 aliphatic rings. The van der Waals surface area contributed by atoms with Gasteiger partial charge in [-0.05, 0) is 73.4 Å². The van der Waals surface area contributed by atoms with Gasteiger partial charge in [0.2, 0.25) is 0 Å². The highest BCUT2D eigenvalue weighted by Crippen LogP contribution is 2.35. The number of hydrogen-bond donors (Lipinski definition) is 0. The van der Waals surface area contributed by atoms with Crippen LogP contribution in [0.2, 0.25) is 5.02 Å². The molecule has 220 valence electrons. The molecule has 1 fully saturated rings. The molecule has 2 amide bonds. The van der Waals surface area contributed by atoms with Gasteiger partial charge in [0, 0.05) is 34.0 Å². The second-order valence-electron chi connectivity index (χ2n) is 11.1. The Hall–Kier alpha value is -4.93. The fourth-order valence-corrected chi connectivity index (χ4v) is 5.96. The number of imide groups is 1. The molecular weight excluding hydrogens is 572 g/mol. The van der Waals surface area contributed by atoms with Crippen molar-refractivity contribution in [2.45, 2.75) is 51.7 Å². The van der Waals surface area contributed by atoms with Crippen molar-refractivity contribution in [2.75, 3.05) is 0 Å². The molecule has 0 radical (unpaired) electrons. The van der Waals surface area contributed by atoms with E-state index in [-0.39, 0.29) is 17.5 Å². The lowest BCUT2D eigenvalue weighted by Gasteiger charge is -2.36. The molecule has 0 atom stereocenters. The van der Waals surface area contributed by atoms with Crippen molar-refractivity contribution in [2.24, 2.45) is 0 Å². The maximum Gasteiger partial charge on any atom is 0.271 e. The largest absolute Gasteiger partial charge is 0.489 e. The highest BCUT2D eigenvalue weighted by Gasteiger charge is 2.40. The van der Waals surface area contributed by atoms with Crippen LogP contribution in [-0.4, -0.2) is 32.5 Å². The summed E-state index contributed by atoms with van der Waals surface area (Å²) in [6.07, 6.45) is 8.13. The Morgan fingerprint density at radius 3 is 2.45 bits per heavy atom. The lowest BCUT2D eigenvalue weighted by atomic mass is 9.88. The third kappa shape index (κ3) is 5.95. The Bertz CT molecular complexity index is 1810. The SMILES string of the molecule is CC1=C(C#N)C(=O)N(C2CCCCC2)C(=O)/C1=C/c1cn(-c2ccccc2)nc1-c1cccc(OCc2ccc(Cl)cc2)c1. The second-order valence-corrected chi connectivity index (χ2v) is 11.5.